The fourth-order valence-corrected chi connectivity index (χ4v) is 2.04. The minimum absolute atomic E-state index is 0.322. The third-order valence-corrected chi connectivity index (χ3v) is 3.17. The molecule has 0 atom stereocenters. The van der Waals surface area contributed by atoms with Crippen LogP contribution in [0, 0.1) is 13.8 Å². The van der Waals surface area contributed by atoms with Crippen molar-refractivity contribution >= 4 is 0 Å². The van der Waals surface area contributed by atoms with Crippen LogP contribution in [0.25, 0.3) is 5.69 Å². The van der Waals surface area contributed by atoms with E-state index in [9.17, 15) is 0 Å². The van der Waals surface area contributed by atoms with E-state index in [1.807, 2.05) is 4.68 Å². The lowest BCUT2D eigenvalue weighted by Crippen LogP contribution is -2.10. The highest BCUT2D eigenvalue weighted by molar-refractivity contribution is 5.43. The van der Waals surface area contributed by atoms with Gasteiger partial charge >= 0.3 is 0 Å². The summed E-state index contributed by atoms with van der Waals surface area (Å²) in [5.74, 6) is 2.15. The van der Waals surface area contributed by atoms with Gasteiger partial charge in [-0.1, -0.05) is 26.0 Å². The van der Waals surface area contributed by atoms with Gasteiger partial charge in [0.05, 0.1) is 5.69 Å². The summed E-state index contributed by atoms with van der Waals surface area (Å²) in [5, 5.41) is 4.65. The number of rotatable bonds is 4. The Morgan fingerprint density at radius 2 is 2.00 bits per heavy atom. The zero-order valence-electron chi connectivity index (χ0n) is 12.1. The summed E-state index contributed by atoms with van der Waals surface area (Å²) in [6.07, 6.45) is 0.743. The Morgan fingerprint density at radius 1 is 1.26 bits per heavy atom. The Hall–Kier alpha value is -1.68. The summed E-state index contributed by atoms with van der Waals surface area (Å²) in [6.45, 7) is 8.98. The predicted molar refractivity (Wildman–Crippen MR) is 77.7 cm³/mol. The van der Waals surface area contributed by atoms with Crippen molar-refractivity contribution < 1.29 is 0 Å². The van der Waals surface area contributed by atoms with E-state index in [2.05, 4.69) is 56.0 Å². The van der Waals surface area contributed by atoms with Crippen molar-refractivity contribution in [1.29, 1.82) is 0 Å². The molecule has 102 valence electrons. The van der Waals surface area contributed by atoms with Crippen LogP contribution in [0.5, 0.6) is 0 Å². The molecule has 2 aromatic rings. The third kappa shape index (κ3) is 2.84. The topological polar surface area (TPSA) is 56.7 Å². The van der Waals surface area contributed by atoms with Gasteiger partial charge in [0.25, 0.3) is 0 Å². The number of aryl methyl sites for hydroxylation is 2. The van der Waals surface area contributed by atoms with E-state index in [0.717, 1.165) is 23.8 Å². The minimum atomic E-state index is 0.322. The number of hydrogen-bond acceptors (Lipinski definition) is 3. The Bertz CT molecular complexity index is 570. The van der Waals surface area contributed by atoms with Crippen LogP contribution >= 0.6 is 0 Å². The normalized spacial score (nSPS) is 11.3. The Morgan fingerprint density at radius 3 is 2.63 bits per heavy atom. The molecular formula is C15H22N4. The summed E-state index contributed by atoms with van der Waals surface area (Å²) in [5.41, 5.74) is 9.20. The molecule has 2 rings (SSSR count). The molecule has 0 spiro atoms. The first-order valence-corrected chi connectivity index (χ1v) is 6.76. The molecule has 0 fully saturated rings. The highest BCUT2D eigenvalue weighted by Crippen LogP contribution is 2.19. The van der Waals surface area contributed by atoms with Gasteiger partial charge in [-0.3, -0.25) is 0 Å². The monoisotopic (exact) mass is 258 g/mol. The third-order valence-electron chi connectivity index (χ3n) is 3.17. The maximum absolute atomic E-state index is 5.68. The van der Waals surface area contributed by atoms with Crippen LogP contribution < -0.4 is 5.73 Å². The Labute approximate surface area is 114 Å². The van der Waals surface area contributed by atoms with Crippen LogP contribution in [-0.4, -0.2) is 21.3 Å². The van der Waals surface area contributed by atoms with Gasteiger partial charge in [0.2, 0.25) is 0 Å². The lowest BCUT2D eigenvalue weighted by Gasteiger charge is -2.09. The van der Waals surface area contributed by atoms with Gasteiger partial charge in [-0.15, -0.1) is 0 Å². The molecule has 4 nitrogen and oxygen atoms in total. The van der Waals surface area contributed by atoms with Crippen LogP contribution in [0.1, 0.15) is 42.5 Å². The highest BCUT2D eigenvalue weighted by Gasteiger charge is 2.14. The van der Waals surface area contributed by atoms with Gasteiger partial charge in [0, 0.05) is 12.3 Å². The molecule has 0 bridgehead atoms. The average molecular weight is 258 g/mol. The van der Waals surface area contributed by atoms with Crippen LogP contribution in [0.15, 0.2) is 18.2 Å². The van der Waals surface area contributed by atoms with Crippen LogP contribution in [0.2, 0.25) is 0 Å². The van der Waals surface area contributed by atoms with Crippen molar-refractivity contribution in [2.24, 2.45) is 5.73 Å². The first-order valence-electron chi connectivity index (χ1n) is 6.76. The maximum Gasteiger partial charge on any atom is 0.153 e. The molecule has 1 aromatic heterocycles. The molecule has 0 aliphatic rings. The quantitative estimate of drug-likeness (QED) is 0.916. The lowest BCUT2D eigenvalue weighted by molar-refractivity contribution is 0.740. The van der Waals surface area contributed by atoms with E-state index in [4.69, 9.17) is 5.73 Å². The molecule has 1 heterocycles. The molecule has 0 saturated heterocycles. The number of nitrogens with two attached hydrogens (primary N) is 1. The second-order valence-electron chi connectivity index (χ2n) is 5.28. The molecule has 2 N–H and O–H groups in total. The minimum Gasteiger partial charge on any atom is -0.330 e. The van der Waals surface area contributed by atoms with Crippen LogP contribution in [0.3, 0.4) is 0 Å². The zero-order chi connectivity index (χ0) is 14.0. The summed E-state index contributed by atoms with van der Waals surface area (Å²) in [7, 11) is 0. The number of benzene rings is 1. The van der Waals surface area contributed by atoms with Crippen LogP contribution in [0.4, 0.5) is 0 Å². The van der Waals surface area contributed by atoms with Gasteiger partial charge in [0.1, 0.15) is 5.82 Å². The molecule has 0 aliphatic carbocycles. The molecule has 0 amide bonds. The summed E-state index contributed by atoms with van der Waals surface area (Å²) < 4.78 is 1.95. The summed E-state index contributed by atoms with van der Waals surface area (Å²) in [6, 6.07) is 6.38. The summed E-state index contributed by atoms with van der Waals surface area (Å²) >= 11 is 0. The standard InChI is InChI=1S/C15H22N4/c1-10(2)15-17-14(7-8-16)19(18-15)13-9-11(3)5-6-12(13)4/h5-6,9-10H,7-8,16H2,1-4H3. The maximum atomic E-state index is 5.68. The van der Waals surface area contributed by atoms with E-state index >= 15 is 0 Å². The second-order valence-corrected chi connectivity index (χ2v) is 5.28. The molecule has 4 heteroatoms. The van der Waals surface area contributed by atoms with Crippen molar-refractivity contribution in [3.8, 4) is 5.69 Å². The largest absolute Gasteiger partial charge is 0.330 e. The van der Waals surface area contributed by atoms with Gasteiger partial charge in [-0.2, -0.15) is 5.10 Å². The first-order chi connectivity index (χ1) is 9.02. The Kier molecular flexibility index (Phi) is 4.00. The van der Waals surface area contributed by atoms with Crippen molar-refractivity contribution in [1.82, 2.24) is 14.8 Å². The van der Waals surface area contributed by atoms with E-state index in [-0.39, 0.29) is 0 Å². The second kappa shape index (κ2) is 5.53. The van der Waals surface area contributed by atoms with E-state index in [1.54, 1.807) is 0 Å². The van der Waals surface area contributed by atoms with E-state index < -0.39 is 0 Å². The number of aromatic nitrogens is 3. The molecule has 19 heavy (non-hydrogen) atoms. The molecule has 0 saturated carbocycles. The van der Waals surface area contributed by atoms with Gasteiger partial charge in [0.15, 0.2) is 5.82 Å². The van der Waals surface area contributed by atoms with Gasteiger partial charge in [-0.25, -0.2) is 9.67 Å². The van der Waals surface area contributed by atoms with Gasteiger partial charge < -0.3 is 5.73 Å². The lowest BCUT2D eigenvalue weighted by atomic mass is 10.1. The molecule has 0 aliphatic heterocycles. The fourth-order valence-electron chi connectivity index (χ4n) is 2.04. The summed E-state index contributed by atoms with van der Waals surface area (Å²) in [4.78, 5) is 4.62. The Balaban J connectivity index is 2.56. The molecule has 1 aromatic carbocycles. The van der Waals surface area contributed by atoms with E-state index in [0.29, 0.717) is 12.5 Å². The average Bonchev–Trinajstić information content (AvgIpc) is 2.77. The first kappa shape index (κ1) is 13.7. The smallest absolute Gasteiger partial charge is 0.153 e. The molecule has 0 unspecified atom stereocenters. The van der Waals surface area contributed by atoms with Crippen molar-refractivity contribution in [3.05, 3.63) is 41.0 Å². The zero-order valence-corrected chi connectivity index (χ0v) is 12.1. The molecule has 0 radical (unpaired) electrons. The highest BCUT2D eigenvalue weighted by atomic mass is 15.4. The van der Waals surface area contributed by atoms with E-state index in [1.165, 1.54) is 11.1 Å². The SMILES string of the molecule is Cc1ccc(C)c(-n2nc(C(C)C)nc2CCN)c1. The fraction of sp³-hybridized carbons (Fsp3) is 0.467. The number of hydrogen-bond donors (Lipinski definition) is 1. The predicted octanol–water partition coefficient (Wildman–Crippen LogP) is 2.51. The molecular weight excluding hydrogens is 236 g/mol. The van der Waals surface area contributed by atoms with Crippen molar-refractivity contribution in [2.45, 2.75) is 40.0 Å². The van der Waals surface area contributed by atoms with Crippen molar-refractivity contribution in [3.63, 3.8) is 0 Å². The number of nitrogens with zero attached hydrogens (tertiary/aromatic N) is 3. The van der Waals surface area contributed by atoms with Crippen molar-refractivity contribution in [2.75, 3.05) is 6.54 Å². The van der Waals surface area contributed by atoms with Crippen LogP contribution in [-0.2, 0) is 6.42 Å². The van der Waals surface area contributed by atoms with Gasteiger partial charge in [-0.05, 0) is 37.6 Å².